The van der Waals surface area contributed by atoms with Crippen LogP contribution in [-0.4, -0.2) is 5.11 Å². The number of phenols is 1. The number of alkyl halides is 3. The van der Waals surface area contributed by atoms with Crippen LogP contribution in [0.3, 0.4) is 0 Å². The van der Waals surface area contributed by atoms with Crippen molar-refractivity contribution < 1.29 is 18.3 Å². The van der Waals surface area contributed by atoms with Gasteiger partial charge in [0.05, 0.1) is 14.2 Å². The highest BCUT2D eigenvalue weighted by Crippen LogP contribution is 2.41. The maximum absolute atomic E-state index is 12.7. The Hall–Kier alpha value is -0.430. The Kier molecular flexibility index (Phi) is 4.12. The van der Waals surface area contributed by atoms with Crippen molar-refractivity contribution in [2.45, 2.75) is 12.6 Å². The number of benzene rings is 1. The first-order valence-corrected chi connectivity index (χ1v) is 5.62. The van der Waals surface area contributed by atoms with E-state index >= 15 is 0 Å². The minimum absolute atomic E-state index is 0.0617. The van der Waals surface area contributed by atoms with E-state index in [1.54, 1.807) is 22.6 Å². The molecular weight excluding hydrogens is 355 g/mol. The van der Waals surface area contributed by atoms with Crippen LogP contribution in [0, 0.1) is 3.57 Å². The van der Waals surface area contributed by atoms with E-state index in [-0.39, 0.29) is 20.6 Å². The summed E-state index contributed by atoms with van der Waals surface area (Å²) in [5.41, 5.74) is -1.12. The average molecular weight is 363 g/mol. The average Bonchev–Trinajstić information content (AvgIpc) is 2.17. The van der Waals surface area contributed by atoms with E-state index in [1.807, 2.05) is 0 Å². The van der Waals surface area contributed by atoms with Crippen LogP contribution in [0.4, 0.5) is 13.2 Å². The van der Waals surface area contributed by atoms with Gasteiger partial charge >= 0.3 is 6.18 Å². The predicted molar refractivity (Wildman–Crippen MR) is 64.7 cm³/mol. The van der Waals surface area contributed by atoms with E-state index in [9.17, 15) is 18.3 Å². The van der Waals surface area contributed by atoms with Crippen LogP contribution in [0.5, 0.6) is 5.75 Å². The standard InChI is InChI=1S/C10H7ClF3IO/c1-2-3-5-6(10(12,13)14)4-7(11)8(15)9(5)16/h2,4,16H,1,3H2. The van der Waals surface area contributed by atoms with Crippen molar-refractivity contribution in [1.82, 2.24) is 0 Å². The molecule has 1 nitrogen and oxygen atoms in total. The van der Waals surface area contributed by atoms with Crippen molar-refractivity contribution >= 4 is 34.2 Å². The van der Waals surface area contributed by atoms with E-state index < -0.39 is 17.5 Å². The third-order valence-electron chi connectivity index (χ3n) is 1.95. The molecule has 88 valence electrons. The highest BCUT2D eigenvalue weighted by molar-refractivity contribution is 14.1. The maximum atomic E-state index is 12.7. The molecule has 0 aromatic heterocycles. The highest BCUT2D eigenvalue weighted by Gasteiger charge is 2.35. The molecule has 0 saturated heterocycles. The summed E-state index contributed by atoms with van der Waals surface area (Å²) in [7, 11) is 0. The number of hydrogen-bond acceptors (Lipinski definition) is 1. The van der Waals surface area contributed by atoms with Crippen molar-refractivity contribution in [3.63, 3.8) is 0 Å². The molecular formula is C10H7ClF3IO. The first-order chi connectivity index (χ1) is 7.29. The van der Waals surface area contributed by atoms with Gasteiger partial charge in [0.2, 0.25) is 0 Å². The Balaban J connectivity index is 3.53. The van der Waals surface area contributed by atoms with Gasteiger partial charge in [0, 0.05) is 5.56 Å². The Labute approximate surface area is 109 Å². The Morgan fingerprint density at radius 3 is 2.50 bits per heavy atom. The van der Waals surface area contributed by atoms with Gasteiger partial charge in [-0.25, -0.2) is 0 Å². The van der Waals surface area contributed by atoms with E-state index in [0.29, 0.717) is 0 Å². The molecule has 0 aliphatic rings. The number of phenolic OH excluding ortho intramolecular Hbond substituents is 1. The Morgan fingerprint density at radius 1 is 1.50 bits per heavy atom. The molecule has 0 atom stereocenters. The van der Waals surface area contributed by atoms with Crippen molar-refractivity contribution in [2.24, 2.45) is 0 Å². The number of hydrogen-bond donors (Lipinski definition) is 1. The van der Waals surface area contributed by atoms with Crippen LogP contribution in [0.15, 0.2) is 18.7 Å². The fraction of sp³-hybridized carbons (Fsp3) is 0.200. The SMILES string of the molecule is C=CCc1c(C(F)(F)F)cc(Cl)c(I)c1O. The quantitative estimate of drug-likeness (QED) is 0.611. The van der Waals surface area contributed by atoms with Gasteiger partial charge in [0.25, 0.3) is 0 Å². The summed E-state index contributed by atoms with van der Waals surface area (Å²) < 4.78 is 38.2. The summed E-state index contributed by atoms with van der Waals surface area (Å²) in [4.78, 5) is 0. The van der Waals surface area contributed by atoms with E-state index in [1.165, 1.54) is 6.08 Å². The lowest BCUT2D eigenvalue weighted by Gasteiger charge is -2.15. The molecule has 0 aliphatic carbocycles. The molecule has 0 amide bonds. The molecule has 0 fully saturated rings. The fourth-order valence-electron chi connectivity index (χ4n) is 1.25. The van der Waals surface area contributed by atoms with Crippen LogP contribution in [0.1, 0.15) is 11.1 Å². The van der Waals surface area contributed by atoms with Crippen LogP contribution < -0.4 is 0 Å². The topological polar surface area (TPSA) is 20.2 Å². The summed E-state index contributed by atoms with van der Waals surface area (Å²) in [6.07, 6.45) is -3.30. The third kappa shape index (κ3) is 2.63. The van der Waals surface area contributed by atoms with Gasteiger partial charge < -0.3 is 5.11 Å². The third-order valence-corrected chi connectivity index (χ3v) is 3.66. The smallest absolute Gasteiger partial charge is 0.416 e. The lowest BCUT2D eigenvalue weighted by Crippen LogP contribution is -2.10. The van der Waals surface area contributed by atoms with Crippen molar-refractivity contribution in [2.75, 3.05) is 0 Å². The Bertz CT molecular complexity index is 429. The predicted octanol–water partition coefficient (Wildman–Crippen LogP) is 4.40. The van der Waals surface area contributed by atoms with Crippen LogP contribution in [0.2, 0.25) is 5.02 Å². The zero-order valence-electron chi connectivity index (χ0n) is 7.91. The van der Waals surface area contributed by atoms with Crippen LogP contribution >= 0.6 is 34.2 Å². The molecule has 1 aromatic rings. The molecule has 0 radical (unpaired) electrons. The first-order valence-electron chi connectivity index (χ1n) is 4.17. The lowest BCUT2D eigenvalue weighted by atomic mass is 10.0. The summed E-state index contributed by atoms with van der Waals surface area (Å²) in [5.74, 6) is -0.430. The van der Waals surface area contributed by atoms with Gasteiger partial charge in [0.15, 0.2) is 0 Å². The highest BCUT2D eigenvalue weighted by atomic mass is 127. The molecule has 0 heterocycles. The normalized spacial score (nSPS) is 11.6. The molecule has 1 N–H and O–H groups in total. The zero-order valence-corrected chi connectivity index (χ0v) is 10.8. The molecule has 0 spiro atoms. The number of aromatic hydroxyl groups is 1. The minimum atomic E-state index is -4.54. The minimum Gasteiger partial charge on any atom is -0.506 e. The number of halogens is 5. The van der Waals surface area contributed by atoms with Gasteiger partial charge in [-0.15, -0.1) is 6.58 Å². The van der Waals surface area contributed by atoms with E-state index in [2.05, 4.69) is 6.58 Å². The molecule has 1 aromatic carbocycles. The van der Waals surface area contributed by atoms with Gasteiger partial charge in [-0.2, -0.15) is 13.2 Å². The Morgan fingerprint density at radius 2 is 2.06 bits per heavy atom. The lowest BCUT2D eigenvalue weighted by molar-refractivity contribution is -0.138. The molecule has 0 unspecified atom stereocenters. The number of allylic oxidation sites excluding steroid dienone is 1. The van der Waals surface area contributed by atoms with Gasteiger partial charge in [0.1, 0.15) is 5.75 Å². The summed E-state index contributed by atoms with van der Waals surface area (Å²) in [6.45, 7) is 3.36. The van der Waals surface area contributed by atoms with Crippen molar-refractivity contribution in [3.8, 4) is 5.75 Å². The monoisotopic (exact) mass is 362 g/mol. The summed E-state index contributed by atoms with van der Waals surface area (Å²) >= 11 is 7.30. The molecule has 0 saturated carbocycles. The molecule has 16 heavy (non-hydrogen) atoms. The second kappa shape index (κ2) is 4.83. The zero-order chi connectivity index (χ0) is 12.5. The first kappa shape index (κ1) is 13.6. The summed E-state index contributed by atoms with van der Waals surface area (Å²) in [6, 6.07) is 0.821. The van der Waals surface area contributed by atoms with E-state index in [4.69, 9.17) is 11.6 Å². The largest absolute Gasteiger partial charge is 0.506 e. The van der Waals surface area contributed by atoms with Gasteiger partial charge in [-0.3, -0.25) is 0 Å². The van der Waals surface area contributed by atoms with Crippen LogP contribution in [0.25, 0.3) is 0 Å². The molecule has 0 aliphatic heterocycles. The molecule has 0 bridgehead atoms. The van der Waals surface area contributed by atoms with Crippen LogP contribution in [-0.2, 0) is 12.6 Å². The molecule has 1 rings (SSSR count). The van der Waals surface area contributed by atoms with Crippen molar-refractivity contribution in [1.29, 1.82) is 0 Å². The maximum Gasteiger partial charge on any atom is 0.416 e. The fourth-order valence-corrected chi connectivity index (χ4v) is 1.93. The van der Waals surface area contributed by atoms with Gasteiger partial charge in [-0.05, 0) is 35.1 Å². The second-order valence-corrected chi connectivity index (χ2v) is 4.52. The van der Waals surface area contributed by atoms with Crippen molar-refractivity contribution in [3.05, 3.63) is 38.4 Å². The summed E-state index contributed by atoms with van der Waals surface area (Å²) in [5, 5.41) is 9.50. The van der Waals surface area contributed by atoms with E-state index in [0.717, 1.165) is 6.07 Å². The number of rotatable bonds is 2. The van der Waals surface area contributed by atoms with Gasteiger partial charge in [-0.1, -0.05) is 17.7 Å². The molecule has 6 heteroatoms. The second-order valence-electron chi connectivity index (χ2n) is 3.04.